The van der Waals surface area contributed by atoms with Crippen LogP contribution in [-0.4, -0.2) is 63.3 Å². The van der Waals surface area contributed by atoms with E-state index in [9.17, 15) is 18.3 Å². The number of fused-ring (bicyclic) bond motifs is 3. The molecule has 0 bridgehead atoms. The van der Waals surface area contributed by atoms with E-state index in [4.69, 9.17) is 9.47 Å². The number of ether oxygens (including phenoxy) is 2. The van der Waals surface area contributed by atoms with Gasteiger partial charge in [0.2, 0.25) is 5.91 Å². The number of amides is 1. The molecule has 4 atom stereocenters. The molecular weight excluding hydrogens is 420 g/mol. The first kappa shape index (κ1) is 21.6. The normalized spacial score (nSPS) is 24.6. The van der Waals surface area contributed by atoms with Gasteiger partial charge in [-0.15, -0.1) is 0 Å². The molecule has 0 aliphatic carbocycles. The van der Waals surface area contributed by atoms with E-state index in [0.717, 1.165) is 5.56 Å². The van der Waals surface area contributed by atoms with Crippen LogP contribution < -0.4 is 9.46 Å². The Morgan fingerprint density at radius 2 is 1.94 bits per heavy atom. The first-order valence-corrected chi connectivity index (χ1v) is 11.6. The maximum absolute atomic E-state index is 12.7. The molecule has 2 N–H and O–H groups in total. The van der Waals surface area contributed by atoms with Crippen molar-refractivity contribution in [1.82, 2.24) is 4.90 Å². The Hall–Kier alpha value is -2.62. The van der Waals surface area contributed by atoms with Crippen molar-refractivity contribution < 1.29 is 27.8 Å². The van der Waals surface area contributed by atoms with Crippen molar-refractivity contribution in [3.05, 3.63) is 54.1 Å². The third kappa shape index (κ3) is 4.39. The largest absolute Gasteiger partial charge is 0.487 e. The lowest BCUT2D eigenvalue weighted by molar-refractivity contribution is -0.147. The highest BCUT2D eigenvalue weighted by Gasteiger charge is 2.46. The minimum atomic E-state index is -3.72. The van der Waals surface area contributed by atoms with E-state index in [0.29, 0.717) is 17.9 Å². The lowest BCUT2D eigenvalue weighted by Crippen LogP contribution is -2.47. The third-order valence-corrected chi connectivity index (χ3v) is 7.10. The zero-order chi connectivity index (χ0) is 22.2. The number of rotatable bonds is 6. The van der Waals surface area contributed by atoms with Gasteiger partial charge in [0.05, 0.1) is 24.0 Å². The molecule has 2 heterocycles. The number of carbonyl (C=O) groups excluding carboxylic acids is 1. The van der Waals surface area contributed by atoms with Gasteiger partial charge in [-0.25, -0.2) is 8.42 Å². The van der Waals surface area contributed by atoms with Crippen LogP contribution in [0.5, 0.6) is 5.75 Å². The van der Waals surface area contributed by atoms with Gasteiger partial charge in [-0.3, -0.25) is 9.52 Å². The average Bonchev–Trinajstić information content (AvgIpc) is 3.11. The van der Waals surface area contributed by atoms with E-state index in [2.05, 4.69) is 4.72 Å². The topological polar surface area (TPSA) is 105 Å². The van der Waals surface area contributed by atoms with Crippen molar-refractivity contribution in [2.75, 3.05) is 25.4 Å². The second-order valence-corrected chi connectivity index (χ2v) is 9.75. The molecule has 0 saturated carbocycles. The highest BCUT2D eigenvalue weighted by Crippen LogP contribution is 2.47. The number of hydrogen-bond acceptors (Lipinski definition) is 6. The lowest BCUT2D eigenvalue weighted by atomic mass is 9.84. The molecule has 9 heteroatoms. The summed E-state index contributed by atoms with van der Waals surface area (Å²) >= 11 is 0. The number of aliphatic hydroxyl groups excluding tert-OH is 1. The van der Waals surface area contributed by atoms with E-state index in [1.807, 2.05) is 0 Å². The van der Waals surface area contributed by atoms with E-state index in [1.165, 1.54) is 17.0 Å². The minimum Gasteiger partial charge on any atom is -0.487 e. The fourth-order valence-electron chi connectivity index (χ4n) is 4.14. The van der Waals surface area contributed by atoms with Gasteiger partial charge in [-0.1, -0.05) is 18.2 Å². The molecule has 2 aliphatic heterocycles. The second kappa shape index (κ2) is 8.49. The van der Waals surface area contributed by atoms with Crippen LogP contribution in [0.15, 0.2) is 53.4 Å². The maximum Gasteiger partial charge on any atom is 0.261 e. The summed E-state index contributed by atoms with van der Waals surface area (Å²) in [6.45, 7) is -0.227. The second-order valence-electron chi connectivity index (χ2n) is 8.07. The zero-order valence-corrected chi connectivity index (χ0v) is 18.2. The first-order chi connectivity index (χ1) is 14.8. The van der Waals surface area contributed by atoms with Gasteiger partial charge >= 0.3 is 0 Å². The molecule has 4 rings (SSSR count). The quantitative estimate of drug-likeness (QED) is 0.703. The van der Waals surface area contributed by atoms with Gasteiger partial charge in [-0.05, 0) is 36.8 Å². The Bertz CT molecular complexity index is 1060. The predicted octanol–water partition coefficient (Wildman–Crippen LogP) is 1.96. The van der Waals surface area contributed by atoms with Crippen LogP contribution >= 0.6 is 0 Å². The van der Waals surface area contributed by atoms with Crippen LogP contribution in [0.2, 0.25) is 0 Å². The number of benzene rings is 2. The Labute approximate surface area is 181 Å². The molecule has 0 unspecified atom stereocenters. The summed E-state index contributed by atoms with van der Waals surface area (Å²) in [5.74, 6) is 0.477. The standard InChI is InChI=1S/C22H26N2O6S/c1-24(2)21(26)12-15-11-18-17-10-14(23-31(27,28)16-6-4-3-5-7-16)8-9-19(17)30-22(18)20(13-25)29-15/h3-10,15,18,20,22-23,25H,11-13H2,1-2H3/t15-,18+,20+,22-/m1/s1. The Morgan fingerprint density at radius 3 is 2.61 bits per heavy atom. The van der Waals surface area contributed by atoms with Gasteiger partial charge in [0.1, 0.15) is 18.0 Å². The number of carbonyl (C=O) groups is 1. The third-order valence-electron chi connectivity index (χ3n) is 5.71. The summed E-state index contributed by atoms with van der Waals surface area (Å²) in [5, 5.41) is 9.82. The van der Waals surface area contributed by atoms with Crippen molar-refractivity contribution in [1.29, 1.82) is 0 Å². The zero-order valence-electron chi connectivity index (χ0n) is 17.4. The molecule has 1 fully saturated rings. The first-order valence-electron chi connectivity index (χ1n) is 10.1. The average molecular weight is 447 g/mol. The Morgan fingerprint density at radius 1 is 1.19 bits per heavy atom. The van der Waals surface area contributed by atoms with E-state index < -0.39 is 16.1 Å². The fourth-order valence-corrected chi connectivity index (χ4v) is 5.21. The summed E-state index contributed by atoms with van der Waals surface area (Å²) in [6, 6.07) is 13.3. The van der Waals surface area contributed by atoms with Crippen LogP contribution in [0, 0.1) is 0 Å². The molecule has 0 spiro atoms. The van der Waals surface area contributed by atoms with E-state index in [-0.39, 0.29) is 42.0 Å². The molecule has 2 aromatic rings. The molecule has 31 heavy (non-hydrogen) atoms. The van der Waals surface area contributed by atoms with Gasteiger partial charge in [0.25, 0.3) is 10.0 Å². The maximum atomic E-state index is 12.7. The summed E-state index contributed by atoms with van der Waals surface area (Å²) in [7, 11) is -0.335. The van der Waals surface area contributed by atoms with Crippen molar-refractivity contribution in [3.63, 3.8) is 0 Å². The van der Waals surface area contributed by atoms with E-state index >= 15 is 0 Å². The summed E-state index contributed by atoms with van der Waals surface area (Å²) in [5.41, 5.74) is 1.28. The smallest absolute Gasteiger partial charge is 0.261 e. The van der Waals surface area contributed by atoms with Crippen molar-refractivity contribution in [2.24, 2.45) is 0 Å². The van der Waals surface area contributed by atoms with Gasteiger partial charge < -0.3 is 19.5 Å². The van der Waals surface area contributed by atoms with Crippen LogP contribution in [0.4, 0.5) is 5.69 Å². The number of sulfonamides is 1. The number of nitrogens with zero attached hydrogens (tertiary/aromatic N) is 1. The van der Waals surface area contributed by atoms with Crippen molar-refractivity contribution in [2.45, 2.75) is 42.0 Å². The molecular formula is C22H26N2O6S. The van der Waals surface area contributed by atoms with Crippen LogP contribution in [-0.2, 0) is 19.6 Å². The number of aliphatic hydroxyl groups is 1. The SMILES string of the molecule is CN(C)C(=O)C[C@H]1C[C@H]2c3cc(NS(=O)(=O)c4ccccc4)ccc3O[C@H]2[C@H](CO)O1. The van der Waals surface area contributed by atoms with Crippen LogP contribution in [0.1, 0.15) is 24.3 Å². The van der Waals surface area contributed by atoms with Gasteiger partial charge in [0, 0.05) is 31.3 Å². The number of anilines is 1. The van der Waals surface area contributed by atoms with Crippen molar-refractivity contribution >= 4 is 21.6 Å². The molecule has 0 aromatic heterocycles. The predicted molar refractivity (Wildman–Crippen MR) is 115 cm³/mol. The van der Waals surface area contributed by atoms with Gasteiger partial charge in [0.15, 0.2) is 0 Å². The molecule has 2 aromatic carbocycles. The lowest BCUT2D eigenvalue weighted by Gasteiger charge is -2.37. The molecule has 2 aliphatic rings. The summed E-state index contributed by atoms with van der Waals surface area (Å²) in [4.78, 5) is 13.9. The van der Waals surface area contributed by atoms with Crippen LogP contribution in [0.25, 0.3) is 0 Å². The highest BCUT2D eigenvalue weighted by atomic mass is 32.2. The molecule has 0 radical (unpaired) electrons. The fraction of sp³-hybridized carbons (Fsp3) is 0.409. The van der Waals surface area contributed by atoms with Gasteiger partial charge in [-0.2, -0.15) is 0 Å². The Kier molecular flexibility index (Phi) is 5.92. The number of nitrogens with one attached hydrogen (secondary N) is 1. The monoisotopic (exact) mass is 446 g/mol. The summed E-state index contributed by atoms with van der Waals surface area (Å²) < 4.78 is 39.9. The highest BCUT2D eigenvalue weighted by molar-refractivity contribution is 7.92. The molecule has 1 saturated heterocycles. The number of hydrogen-bond donors (Lipinski definition) is 2. The Balaban J connectivity index is 1.58. The molecule has 8 nitrogen and oxygen atoms in total. The van der Waals surface area contributed by atoms with E-state index in [1.54, 1.807) is 50.5 Å². The van der Waals surface area contributed by atoms with Crippen LogP contribution in [0.3, 0.4) is 0 Å². The molecule has 1 amide bonds. The van der Waals surface area contributed by atoms with Crippen molar-refractivity contribution in [3.8, 4) is 5.75 Å². The molecule has 166 valence electrons. The minimum absolute atomic E-state index is 0.0522. The summed E-state index contributed by atoms with van der Waals surface area (Å²) in [6.07, 6.45) is -0.542.